The quantitative estimate of drug-likeness (QED) is 0.479. The van der Waals surface area contributed by atoms with E-state index in [-0.39, 0.29) is 0 Å². The van der Waals surface area contributed by atoms with Gasteiger partial charge < -0.3 is 0 Å². The molecule has 1 rings (SSSR count). The van der Waals surface area contributed by atoms with Gasteiger partial charge in [0.1, 0.15) is 0 Å². The Balaban J connectivity index is 2.26. The van der Waals surface area contributed by atoms with Gasteiger partial charge >= 0.3 is 0 Å². The Morgan fingerprint density at radius 3 is 2.71 bits per heavy atom. The summed E-state index contributed by atoms with van der Waals surface area (Å²) in [6, 6.07) is 0. The predicted octanol–water partition coefficient (Wildman–Crippen LogP) is 0.964. The number of hydrogen-bond donors (Lipinski definition) is 1. The van der Waals surface area contributed by atoms with Crippen LogP contribution in [0.15, 0.2) is 0 Å². The van der Waals surface area contributed by atoms with Gasteiger partial charge in [-0.2, -0.15) is 0 Å². The zero-order valence-corrected chi connectivity index (χ0v) is 4.96. The average Bonchev–Trinajstić information content (AvgIpc) is 1.87. The summed E-state index contributed by atoms with van der Waals surface area (Å²) in [6.07, 6.45) is -0.764. The molecule has 1 aliphatic rings. The van der Waals surface area contributed by atoms with Crippen LogP contribution in [0.1, 0.15) is 6.92 Å². The first-order chi connectivity index (χ1) is 3.29. The molecule has 0 spiro atoms. The molecule has 2 unspecified atom stereocenters. The minimum absolute atomic E-state index is 0.315. The van der Waals surface area contributed by atoms with Gasteiger partial charge in [-0.25, -0.2) is 4.39 Å². The van der Waals surface area contributed by atoms with Crippen LogP contribution in [-0.2, 0) is 0 Å². The molecule has 0 radical (unpaired) electrons. The Kier molecular flexibility index (Phi) is 1.54. The fourth-order valence-corrected chi connectivity index (χ4v) is 1.38. The molecule has 42 valence electrons. The van der Waals surface area contributed by atoms with Crippen molar-refractivity contribution in [3.8, 4) is 0 Å². The molecule has 1 saturated heterocycles. The molecular formula is C4H8FNS. The van der Waals surface area contributed by atoms with Crippen LogP contribution in [0.25, 0.3) is 0 Å². The van der Waals surface area contributed by atoms with Crippen LogP contribution in [0.4, 0.5) is 4.39 Å². The fraction of sp³-hybridized carbons (Fsp3) is 1.00. The Labute approximate surface area is 46.7 Å². The van der Waals surface area contributed by atoms with Crippen LogP contribution >= 0.6 is 11.8 Å². The van der Waals surface area contributed by atoms with E-state index in [1.165, 1.54) is 0 Å². The fourth-order valence-electron chi connectivity index (χ4n) is 0.580. The molecule has 0 bridgehead atoms. The normalized spacial score (nSPS) is 42.0. The summed E-state index contributed by atoms with van der Waals surface area (Å²) in [5, 5.41) is 3.03. The highest BCUT2D eigenvalue weighted by molar-refractivity contribution is 8.00. The van der Waals surface area contributed by atoms with Crippen molar-refractivity contribution < 1.29 is 4.39 Å². The monoisotopic (exact) mass is 121 g/mol. The molecule has 0 aromatic carbocycles. The second-order valence-electron chi connectivity index (χ2n) is 1.61. The van der Waals surface area contributed by atoms with Crippen molar-refractivity contribution in [2.75, 3.05) is 5.75 Å². The van der Waals surface area contributed by atoms with Crippen LogP contribution in [0.2, 0.25) is 0 Å². The third-order valence-electron chi connectivity index (χ3n) is 0.908. The number of rotatable bonds is 0. The van der Waals surface area contributed by atoms with E-state index < -0.39 is 6.30 Å². The summed E-state index contributed by atoms with van der Waals surface area (Å²) < 4.78 is 12.0. The van der Waals surface area contributed by atoms with E-state index in [0.29, 0.717) is 11.1 Å². The van der Waals surface area contributed by atoms with Crippen LogP contribution in [-0.4, -0.2) is 17.4 Å². The summed E-state index contributed by atoms with van der Waals surface area (Å²) in [4.78, 5) is 0. The van der Waals surface area contributed by atoms with Gasteiger partial charge in [0, 0.05) is 5.75 Å². The molecule has 0 aromatic heterocycles. The Hall–Kier alpha value is 0.240. The van der Waals surface area contributed by atoms with Gasteiger partial charge in [0.25, 0.3) is 0 Å². The molecule has 1 nitrogen and oxygen atoms in total. The highest BCUT2D eigenvalue weighted by atomic mass is 32.2. The maximum atomic E-state index is 12.0. The lowest BCUT2D eigenvalue weighted by molar-refractivity contribution is 0.317. The number of halogens is 1. The molecule has 7 heavy (non-hydrogen) atoms. The van der Waals surface area contributed by atoms with Crippen molar-refractivity contribution in [2.24, 2.45) is 0 Å². The van der Waals surface area contributed by atoms with E-state index in [1.54, 1.807) is 11.8 Å². The molecule has 3 heteroatoms. The van der Waals surface area contributed by atoms with E-state index in [2.05, 4.69) is 5.32 Å². The first-order valence-corrected chi connectivity index (χ1v) is 3.35. The van der Waals surface area contributed by atoms with Crippen LogP contribution in [0.3, 0.4) is 0 Å². The van der Waals surface area contributed by atoms with Crippen molar-refractivity contribution in [3.63, 3.8) is 0 Å². The SMILES string of the molecule is CC1NC(F)CS1. The molecule has 1 N–H and O–H groups in total. The van der Waals surface area contributed by atoms with Gasteiger partial charge in [-0.1, -0.05) is 0 Å². The van der Waals surface area contributed by atoms with E-state index in [0.717, 1.165) is 0 Å². The lowest BCUT2D eigenvalue weighted by Crippen LogP contribution is -2.23. The van der Waals surface area contributed by atoms with Gasteiger partial charge in [-0.05, 0) is 6.92 Å². The average molecular weight is 121 g/mol. The molecule has 1 aliphatic heterocycles. The number of nitrogens with one attached hydrogen (secondary N) is 1. The smallest absolute Gasteiger partial charge is 0.161 e. The Bertz CT molecular complexity index is 60.7. The van der Waals surface area contributed by atoms with E-state index in [1.807, 2.05) is 6.92 Å². The van der Waals surface area contributed by atoms with E-state index in [4.69, 9.17) is 0 Å². The second kappa shape index (κ2) is 2.01. The first-order valence-electron chi connectivity index (χ1n) is 2.31. The summed E-state index contributed by atoms with van der Waals surface area (Å²) in [5.74, 6) is 0.612. The second-order valence-corrected chi connectivity index (χ2v) is 2.98. The minimum Gasteiger partial charge on any atom is -0.275 e. The van der Waals surface area contributed by atoms with E-state index >= 15 is 0 Å². The zero-order chi connectivity index (χ0) is 5.28. The molecule has 1 fully saturated rings. The topological polar surface area (TPSA) is 12.0 Å². The molecule has 0 aromatic rings. The lowest BCUT2D eigenvalue weighted by atomic mass is 10.6. The van der Waals surface area contributed by atoms with Gasteiger partial charge in [0.05, 0.1) is 5.37 Å². The predicted molar refractivity (Wildman–Crippen MR) is 30.0 cm³/mol. The molecule has 1 heterocycles. The number of alkyl halides is 1. The van der Waals surface area contributed by atoms with Crippen molar-refractivity contribution >= 4 is 11.8 Å². The summed E-state index contributed by atoms with van der Waals surface area (Å²) in [7, 11) is 0. The highest BCUT2D eigenvalue weighted by Crippen LogP contribution is 2.17. The molecule has 0 saturated carbocycles. The van der Waals surface area contributed by atoms with E-state index in [9.17, 15) is 4.39 Å². The largest absolute Gasteiger partial charge is 0.275 e. The van der Waals surface area contributed by atoms with Gasteiger partial charge in [-0.3, -0.25) is 5.32 Å². The third-order valence-corrected chi connectivity index (χ3v) is 2.03. The van der Waals surface area contributed by atoms with Crippen molar-refractivity contribution in [1.29, 1.82) is 0 Å². The highest BCUT2D eigenvalue weighted by Gasteiger charge is 2.18. The minimum atomic E-state index is -0.764. The number of thioether (sulfide) groups is 1. The standard InChI is InChI=1S/C4H8FNS/c1-3-6-4(5)2-7-3/h3-4,6H,2H2,1H3. The number of hydrogen-bond acceptors (Lipinski definition) is 2. The van der Waals surface area contributed by atoms with Crippen molar-refractivity contribution in [2.45, 2.75) is 18.6 Å². The third kappa shape index (κ3) is 1.31. The zero-order valence-electron chi connectivity index (χ0n) is 4.15. The van der Waals surface area contributed by atoms with Gasteiger partial charge in [0.2, 0.25) is 0 Å². The van der Waals surface area contributed by atoms with Crippen molar-refractivity contribution in [3.05, 3.63) is 0 Å². The molecule has 2 atom stereocenters. The van der Waals surface area contributed by atoms with Crippen LogP contribution in [0.5, 0.6) is 0 Å². The summed E-state index contributed by atoms with van der Waals surface area (Å²) in [5.41, 5.74) is 0. The maximum Gasteiger partial charge on any atom is 0.161 e. The van der Waals surface area contributed by atoms with Gasteiger partial charge in [-0.15, -0.1) is 11.8 Å². The lowest BCUT2D eigenvalue weighted by Gasteiger charge is -1.97. The maximum absolute atomic E-state index is 12.0. The summed E-state index contributed by atoms with van der Waals surface area (Å²) >= 11 is 1.62. The van der Waals surface area contributed by atoms with Crippen LogP contribution in [0, 0.1) is 0 Å². The van der Waals surface area contributed by atoms with Crippen molar-refractivity contribution in [1.82, 2.24) is 5.32 Å². The summed E-state index contributed by atoms with van der Waals surface area (Å²) in [6.45, 7) is 1.96. The Morgan fingerprint density at radius 1 is 1.86 bits per heavy atom. The molecule has 0 amide bonds. The molecular weight excluding hydrogens is 113 g/mol. The van der Waals surface area contributed by atoms with Crippen LogP contribution < -0.4 is 5.32 Å². The van der Waals surface area contributed by atoms with Gasteiger partial charge in [0.15, 0.2) is 6.30 Å². The Morgan fingerprint density at radius 2 is 2.57 bits per heavy atom. The molecule has 0 aliphatic carbocycles. The first kappa shape index (κ1) is 5.38.